The fraction of sp³-hybridized carbons (Fsp3) is 0.417. The number of methoxy groups -OCH3 is 1. The Balaban J connectivity index is 3.45. The molecule has 0 amide bonds. The van der Waals surface area contributed by atoms with Gasteiger partial charge in [0.15, 0.2) is 0 Å². The minimum atomic E-state index is -5.81. The number of ether oxygens (including phenoxy) is 1. The number of carbonyl (C=O) groups excluding carboxylic acids is 1. The Morgan fingerprint density at radius 2 is 1.73 bits per heavy atom. The van der Waals surface area contributed by atoms with Crippen molar-refractivity contribution in [1.82, 2.24) is 0 Å². The van der Waals surface area contributed by atoms with Crippen molar-refractivity contribution in [2.24, 2.45) is 0 Å². The van der Waals surface area contributed by atoms with Crippen LogP contribution in [-0.2, 0) is 14.9 Å². The van der Waals surface area contributed by atoms with Crippen LogP contribution in [0.4, 0.5) is 13.2 Å². The van der Waals surface area contributed by atoms with Crippen LogP contribution in [0.1, 0.15) is 10.4 Å². The van der Waals surface area contributed by atoms with Crippen LogP contribution < -0.4 is 9.37 Å². The van der Waals surface area contributed by atoms with Gasteiger partial charge in [-0.25, -0.2) is 4.79 Å². The lowest BCUT2D eigenvalue weighted by Gasteiger charge is -2.21. The van der Waals surface area contributed by atoms with Crippen LogP contribution in [0.5, 0.6) is 5.75 Å². The normalized spacial score (nSPS) is 12.9. The number of halogens is 3. The van der Waals surface area contributed by atoms with Crippen LogP contribution in [0.25, 0.3) is 0 Å². The molecule has 1 rings (SSSR count). The van der Waals surface area contributed by atoms with Crippen LogP contribution in [-0.4, -0.2) is 35.1 Å². The molecule has 0 bridgehead atoms. The third kappa shape index (κ3) is 4.00. The average Bonchev–Trinajstić information content (AvgIpc) is 2.34. The first kappa shape index (κ1) is 18.5. The van der Waals surface area contributed by atoms with Crippen LogP contribution >= 0.6 is 0 Å². The summed E-state index contributed by atoms with van der Waals surface area (Å²) in [6.45, 7) is 5.40. The van der Waals surface area contributed by atoms with Crippen LogP contribution in [0, 0.1) is 0 Å². The van der Waals surface area contributed by atoms with E-state index in [0.29, 0.717) is 5.19 Å². The number of alkyl halides is 3. The summed E-state index contributed by atoms with van der Waals surface area (Å²) in [7, 11) is -6.93. The standard InChI is InChI=1S/C12H15F3O5SSi/c1-19-11(16)8-5-6-10(22(2,3)4)9(7-8)20-21(17,18)12(13,14)15/h5-7H,1-4H3. The summed E-state index contributed by atoms with van der Waals surface area (Å²) in [6.07, 6.45) is 0. The molecular weight excluding hydrogens is 341 g/mol. The molecule has 124 valence electrons. The topological polar surface area (TPSA) is 69.7 Å². The minimum absolute atomic E-state index is 0.100. The summed E-state index contributed by atoms with van der Waals surface area (Å²) < 4.78 is 68.5. The predicted octanol–water partition coefficient (Wildman–Crippen LogP) is 2.25. The maximum Gasteiger partial charge on any atom is 0.534 e. The molecule has 0 fully saturated rings. The van der Waals surface area contributed by atoms with Crippen molar-refractivity contribution < 1.29 is 35.3 Å². The second-order valence-electron chi connectivity index (χ2n) is 5.44. The third-order valence-electron chi connectivity index (χ3n) is 2.69. The Bertz CT molecular complexity index is 677. The fourth-order valence-corrected chi connectivity index (χ4v) is 3.61. The van der Waals surface area contributed by atoms with E-state index in [0.717, 1.165) is 13.2 Å². The highest BCUT2D eigenvalue weighted by molar-refractivity contribution is 7.88. The van der Waals surface area contributed by atoms with E-state index in [1.807, 2.05) is 0 Å². The van der Waals surface area contributed by atoms with Gasteiger partial charge in [-0.3, -0.25) is 0 Å². The number of carbonyl (C=O) groups is 1. The zero-order valence-electron chi connectivity index (χ0n) is 12.3. The number of hydrogen-bond donors (Lipinski definition) is 0. The zero-order valence-corrected chi connectivity index (χ0v) is 14.1. The maximum atomic E-state index is 12.5. The number of hydrogen-bond acceptors (Lipinski definition) is 5. The van der Waals surface area contributed by atoms with Gasteiger partial charge < -0.3 is 8.92 Å². The Hall–Kier alpha value is -1.55. The van der Waals surface area contributed by atoms with Gasteiger partial charge >= 0.3 is 21.6 Å². The minimum Gasteiger partial charge on any atom is -0.465 e. The average molecular weight is 356 g/mol. The fourth-order valence-electron chi connectivity index (χ4n) is 1.62. The summed E-state index contributed by atoms with van der Waals surface area (Å²) in [5.41, 5.74) is -5.65. The molecule has 0 saturated heterocycles. The van der Waals surface area contributed by atoms with Crippen LogP contribution in [0.15, 0.2) is 18.2 Å². The van der Waals surface area contributed by atoms with E-state index in [9.17, 15) is 26.4 Å². The first-order chi connectivity index (χ1) is 9.79. The van der Waals surface area contributed by atoms with E-state index in [2.05, 4.69) is 8.92 Å². The van der Waals surface area contributed by atoms with Crippen LogP contribution in [0.3, 0.4) is 0 Å². The zero-order chi connectivity index (χ0) is 17.3. The third-order valence-corrected chi connectivity index (χ3v) is 5.69. The summed E-state index contributed by atoms with van der Waals surface area (Å²) in [5, 5.41) is 0.341. The van der Waals surface area contributed by atoms with Gasteiger partial charge in [-0.2, -0.15) is 21.6 Å². The molecule has 0 heterocycles. The molecule has 22 heavy (non-hydrogen) atoms. The van der Waals surface area contributed by atoms with E-state index in [1.54, 1.807) is 19.6 Å². The molecule has 0 aliphatic carbocycles. The van der Waals surface area contributed by atoms with Crippen LogP contribution in [0.2, 0.25) is 19.6 Å². The Labute approximate surface area is 127 Å². The largest absolute Gasteiger partial charge is 0.534 e. The molecule has 0 aliphatic rings. The van der Waals surface area contributed by atoms with Crippen molar-refractivity contribution >= 4 is 29.3 Å². The number of esters is 1. The van der Waals surface area contributed by atoms with Gasteiger partial charge in [0.25, 0.3) is 0 Å². The van der Waals surface area contributed by atoms with Gasteiger partial charge in [-0.05, 0) is 17.3 Å². The SMILES string of the molecule is COC(=O)c1ccc([Si](C)(C)C)c(OS(=O)(=O)C(F)(F)F)c1. The van der Waals surface area contributed by atoms with Crippen molar-refractivity contribution in [2.45, 2.75) is 25.1 Å². The summed E-state index contributed by atoms with van der Waals surface area (Å²) in [4.78, 5) is 11.5. The molecular formula is C12H15F3O5SSi. The lowest BCUT2D eigenvalue weighted by molar-refractivity contribution is -0.0499. The Morgan fingerprint density at radius 3 is 2.14 bits per heavy atom. The van der Waals surface area contributed by atoms with Gasteiger partial charge in [0, 0.05) is 0 Å². The molecule has 0 atom stereocenters. The molecule has 0 aliphatic heterocycles. The van der Waals surface area contributed by atoms with E-state index in [-0.39, 0.29) is 5.56 Å². The van der Waals surface area contributed by atoms with E-state index < -0.39 is 35.4 Å². The first-order valence-corrected chi connectivity index (χ1v) is 10.9. The van der Waals surface area contributed by atoms with Crippen molar-refractivity contribution in [1.29, 1.82) is 0 Å². The van der Waals surface area contributed by atoms with E-state index in [4.69, 9.17) is 0 Å². The quantitative estimate of drug-likeness (QED) is 0.358. The van der Waals surface area contributed by atoms with Gasteiger partial charge in [0.05, 0.1) is 20.7 Å². The molecule has 0 spiro atoms. The molecule has 0 unspecified atom stereocenters. The molecule has 1 aromatic carbocycles. The highest BCUT2D eigenvalue weighted by Crippen LogP contribution is 2.28. The summed E-state index contributed by atoms with van der Waals surface area (Å²) in [5.74, 6) is -1.31. The number of rotatable bonds is 4. The molecule has 0 aromatic heterocycles. The molecule has 10 heteroatoms. The molecule has 0 saturated carbocycles. The monoisotopic (exact) mass is 356 g/mol. The van der Waals surface area contributed by atoms with Crippen molar-refractivity contribution in [3.8, 4) is 5.75 Å². The van der Waals surface area contributed by atoms with Gasteiger partial charge in [-0.15, -0.1) is 0 Å². The predicted molar refractivity (Wildman–Crippen MR) is 76.4 cm³/mol. The highest BCUT2D eigenvalue weighted by atomic mass is 32.2. The second kappa shape index (κ2) is 5.92. The molecule has 5 nitrogen and oxygen atoms in total. The lowest BCUT2D eigenvalue weighted by Crippen LogP contribution is -2.40. The first-order valence-electron chi connectivity index (χ1n) is 6.03. The van der Waals surface area contributed by atoms with Crippen molar-refractivity contribution in [2.75, 3.05) is 7.11 Å². The van der Waals surface area contributed by atoms with E-state index in [1.165, 1.54) is 12.1 Å². The molecule has 0 radical (unpaired) electrons. The van der Waals surface area contributed by atoms with Crippen molar-refractivity contribution in [3.63, 3.8) is 0 Å². The molecule has 1 aromatic rings. The maximum absolute atomic E-state index is 12.5. The summed E-state index contributed by atoms with van der Waals surface area (Å²) in [6, 6.07) is 3.69. The van der Waals surface area contributed by atoms with E-state index >= 15 is 0 Å². The Kier molecular flexibility index (Phi) is 4.97. The van der Waals surface area contributed by atoms with Gasteiger partial charge in [-0.1, -0.05) is 25.7 Å². The molecule has 0 N–H and O–H groups in total. The number of benzene rings is 1. The van der Waals surface area contributed by atoms with Gasteiger partial charge in [0.2, 0.25) is 0 Å². The van der Waals surface area contributed by atoms with Gasteiger partial charge in [0.1, 0.15) is 5.75 Å². The Morgan fingerprint density at radius 1 is 1.18 bits per heavy atom. The second-order valence-corrected chi connectivity index (χ2v) is 12.0. The summed E-state index contributed by atoms with van der Waals surface area (Å²) >= 11 is 0. The van der Waals surface area contributed by atoms with Crippen molar-refractivity contribution in [3.05, 3.63) is 23.8 Å². The highest BCUT2D eigenvalue weighted by Gasteiger charge is 2.49. The smallest absolute Gasteiger partial charge is 0.465 e. The lowest BCUT2D eigenvalue weighted by atomic mass is 10.2.